The monoisotopic (exact) mass is 208 g/mol. The van der Waals surface area contributed by atoms with Crippen molar-refractivity contribution in [3.8, 4) is 0 Å². The summed E-state index contributed by atoms with van der Waals surface area (Å²) in [6.45, 7) is 3.34. The first-order valence-corrected chi connectivity index (χ1v) is 5.62. The second kappa shape index (κ2) is 7.23. The molecule has 0 aliphatic rings. The summed E-state index contributed by atoms with van der Waals surface area (Å²) in [4.78, 5) is 4.20. The fourth-order valence-electron chi connectivity index (χ4n) is 1.66. The van der Waals surface area contributed by atoms with Gasteiger partial charge in [0.1, 0.15) is 5.82 Å². The van der Waals surface area contributed by atoms with Crippen LogP contribution >= 0.6 is 0 Å². The number of aromatic nitrogens is 1. The molecule has 0 amide bonds. The number of nitrogens with zero attached hydrogens (tertiary/aromatic N) is 1. The Morgan fingerprint density at radius 1 is 1.40 bits per heavy atom. The lowest BCUT2D eigenvalue weighted by Crippen LogP contribution is -2.16. The lowest BCUT2D eigenvalue weighted by molar-refractivity contribution is 0.255. The molecule has 0 aromatic carbocycles. The number of rotatable bonds is 7. The summed E-state index contributed by atoms with van der Waals surface area (Å²) >= 11 is 0. The van der Waals surface area contributed by atoms with Crippen molar-refractivity contribution < 1.29 is 5.11 Å². The van der Waals surface area contributed by atoms with Crippen molar-refractivity contribution in [3.63, 3.8) is 0 Å². The molecular formula is C12H20N2O. The third kappa shape index (κ3) is 4.79. The molecule has 1 aromatic rings. The van der Waals surface area contributed by atoms with Crippen molar-refractivity contribution >= 4 is 5.82 Å². The minimum atomic E-state index is 0.272. The fourth-order valence-corrected chi connectivity index (χ4v) is 1.66. The van der Waals surface area contributed by atoms with Crippen LogP contribution in [0.1, 0.15) is 26.2 Å². The number of aliphatic hydroxyl groups excluding tert-OH is 1. The number of pyridine rings is 1. The molecule has 1 rings (SSSR count). The second-order valence-corrected chi connectivity index (χ2v) is 3.76. The molecule has 0 fully saturated rings. The Hall–Kier alpha value is -1.09. The molecule has 0 aliphatic heterocycles. The van der Waals surface area contributed by atoms with Gasteiger partial charge in [-0.3, -0.25) is 0 Å². The van der Waals surface area contributed by atoms with Gasteiger partial charge in [0.2, 0.25) is 0 Å². The largest absolute Gasteiger partial charge is 0.396 e. The van der Waals surface area contributed by atoms with E-state index in [1.807, 2.05) is 18.2 Å². The number of anilines is 1. The first-order valence-electron chi connectivity index (χ1n) is 5.62. The summed E-state index contributed by atoms with van der Waals surface area (Å²) in [5.74, 6) is 1.46. The molecule has 0 aliphatic carbocycles. The summed E-state index contributed by atoms with van der Waals surface area (Å²) in [5, 5.41) is 12.2. The molecular weight excluding hydrogens is 188 g/mol. The lowest BCUT2D eigenvalue weighted by atomic mass is 10.0. The topological polar surface area (TPSA) is 45.1 Å². The highest BCUT2D eigenvalue weighted by Gasteiger charge is 2.06. The first-order chi connectivity index (χ1) is 7.36. The minimum Gasteiger partial charge on any atom is -0.396 e. The van der Waals surface area contributed by atoms with Crippen LogP contribution in [0.3, 0.4) is 0 Å². The van der Waals surface area contributed by atoms with Crippen molar-refractivity contribution in [2.75, 3.05) is 18.5 Å². The van der Waals surface area contributed by atoms with E-state index in [9.17, 15) is 0 Å². The molecule has 1 atom stereocenters. The zero-order valence-electron chi connectivity index (χ0n) is 9.32. The molecule has 0 radical (unpaired) electrons. The third-order valence-corrected chi connectivity index (χ3v) is 2.47. The van der Waals surface area contributed by atoms with Gasteiger partial charge in [0.25, 0.3) is 0 Å². The van der Waals surface area contributed by atoms with E-state index in [1.165, 1.54) is 0 Å². The molecule has 3 heteroatoms. The summed E-state index contributed by atoms with van der Waals surface area (Å²) in [6.07, 6.45) is 4.96. The highest BCUT2D eigenvalue weighted by molar-refractivity contribution is 5.32. The van der Waals surface area contributed by atoms with Crippen LogP contribution in [-0.4, -0.2) is 23.2 Å². The van der Waals surface area contributed by atoms with E-state index in [4.69, 9.17) is 5.11 Å². The standard InChI is InChI=1S/C12H20N2O/c1-2-5-11(7-9-15)10-14-12-6-3-4-8-13-12/h3-4,6,8,11,15H,2,5,7,9-10H2,1H3,(H,13,14). The van der Waals surface area contributed by atoms with Crippen LogP contribution in [-0.2, 0) is 0 Å². The van der Waals surface area contributed by atoms with Crippen molar-refractivity contribution in [3.05, 3.63) is 24.4 Å². The number of hydrogen-bond acceptors (Lipinski definition) is 3. The third-order valence-electron chi connectivity index (χ3n) is 2.47. The summed E-state index contributed by atoms with van der Waals surface area (Å²) in [7, 11) is 0. The zero-order chi connectivity index (χ0) is 10.9. The van der Waals surface area contributed by atoms with E-state index < -0.39 is 0 Å². The molecule has 3 nitrogen and oxygen atoms in total. The molecule has 0 saturated heterocycles. The van der Waals surface area contributed by atoms with Gasteiger partial charge in [-0.2, -0.15) is 0 Å². The van der Waals surface area contributed by atoms with E-state index in [-0.39, 0.29) is 6.61 Å². The molecule has 0 saturated carbocycles. The van der Waals surface area contributed by atoms with E-state index in [1.54, 1.807) is 6.20 Å². The highest BCUT2D eigenvalue weighted by atomic mass is 16.3. The van der Waals surface area contributed by atoms with Gasteiger partial charge in [0.05, 0.1) is 0 Å². The second-order valence-electron chi connectivity index (χ2n) is 3.76. The smallest absolute Gasteiger partial charge is 0.125 e. The van der Waals surface area contributed by atoms with E-state index in [0.29, 0.717) is 5.92 Å². The van der Waals surface area contributed by atoms with E-state index in [2.05, 4.69) is 17.2 Å². The maximum Gasteiger partial charge on any atom is 0.125 e. The van der Waals surface area contributed by atoms with Crippen LogP contribution in [0.25, 0.3) is 0 Å². The normalized spacial score (nSPS) is 12.4. The van der Waals surface area contributed by atoms with Gasteiger partial charge in [-0.15, -0.1) is 0 Å². The molecule has 1 unspecified atom stereocenters. The van der Waals surface area contributed by atoms with Crippen LogP contribution in [0, 0.1) is 5.92 Å². The van der Waals surface area contributed by atoms with Gasteiger partial charge < -0.3 is 10.4 Å². The van der Waals surface area contributed by atoms with Gasteiger partial charge in [-0.25, -0.2) is 4.98 Å². The maximum absolute atomic E-state index is 8.92. The predicted octanol–water partition coefficient (Wildman–Crippen LogP) is 2.29. The van der Waals surface area contributed by atoms with Gasteiger partial charge in [0.15, 0.2) is 0 Å². The summed E-state index contributed by atoms with van der Waals surface area (Å²) in [5.41, 5.74) is 0. The Balaban J connectivity index is 2.33. The zero-order valence-corrected chi connectivity index (χ0v) is 9.32. The van der Waals surface area contributed by atoms with Crippen LogP contribution in [0.5, 0.6) is 0 Å². The minimum absolute atomic E-state index is 0.272. The van der Waals surface area contributed by atoms with Crippen LogP contribution < -0.4 is 5.32 Å². The predicted molar refractivity (Wildman–Crippen MR) is 62.8 cm³/mol. The van der Waals surface area contributed by atoms with Crippen LogP contribution in [0.4, 0.5) is 5.82 Å². The average molecular weight is 208 g/mol. The Morgan fingerprint density at radius 3 is 2.87 bits per heavy atom. The Morgan fingerprint density at radius 2 is 2.27 bits per heavy atom. The fraction of sp³-hybridized carbons (Fsp3) is 0.583. The Kier molecular flexibility index (Phi) is 5.78. The summed E-state index contributed by atoms with van der Waals surface area (Å²) < 4.78 is 0. The van der Waals surface area contributed by atoms with Gasteiger partial charge in [-0.05, 0) is 30.9 Å². The van der Waals surface area contributed by atoms with Crippen molar-refractivity contribution in [1.29, 1.82) is 0 Å². The molecule has 1 aromatic heterocycles. The maximum atomic E-state index is 8.92. The molecule has 84 valence electrons. The first kappa shape index (κ1) is 12.0. The van der Waals surface area contributed by atoms with Gasteiger partial charge in [-0.1, -0.05) is 19.4 Å². The molecule has 2 N–H and O–H groups in total. The molecule has 0 spiro atoms. The van der Waals surface area contributed by atoms with Gasteiger partial charge >= 0.3 is 0 Å². The lowest BCUT2D eigenvalue weighted by Gasteiger charge is -2.15. The highest BCUT2D eigenvalue weighted by Crippen LogP contribution is 2.11. The van der Waals surface area contributed by atoms with Crippen molar-refractivity contribution in [2.45, 2.75) is 26.2 Å². The van der Waals surface area contributed by atoms with E-state index in [0.717, 1.165) is 31.6 Å². The quantitative estimate of drug-likeness (QED) is 0.722. The van der Waals surface area contributed by atoms with Crippen molar-refractivity contribution in [1.82, 2.24) is 4.98 Å². The number of hydrogen-bond donors (Lipinski definition) is 2. The van der Waals surface area contributed by atoms with E-state index >= 15 is 0 Å². The molecule has 1 heterocycles. The molecule has 15 heavy (non-hydrogen) atoms. The Bertz CT molecular complexity index is 245. The SMILES string of the molecule is CCCC(CCO)CNc1ccccn1. The van der Waals surface area contributed by atoms with Gasteiger partial charge in [0, 0.05) is 19.3 Å². The van der Waals surface area contributed by atoms with Crippen LogP contribution in [0.15, 0.2) is 24.4 Å². The summed E-state index contributed by atoms with van der Waals surface area (Å²) in [6, 6.07) is 5.83. The Labute approximate surface area is 91.5 Å². The van der Waals surface area contributed by atoms with Crippen LogP contribution in [0.2, 0.25) is 0 Å². The average Bonchev–Trinajstić information content (AvgIpc) is 2.28. The number of nitrogens with one attached hydrogen (secondary N) is 1. The number of aliphatic hydroxyl groups is 1. The van der Waals surface area contributed by atoms with Crippen molar-refractivity contribution in [2.24, 2.45) is 5.92 Å². The molecule has 0 bridgehead atoms.